The van der Waals surface area contributed by atoms with Crippen LogP contribution in [0, 0.1) is 0 Å². The Kier molecular flexibility index (Phi) is 5.18. The molecule has 2 aromatic carbocycles. The Morgan fingerprint density at radius 3 is 2.55 bits per heavy atom. The minimum atomic E-state index is -0.702. The fraction of sp³-hybridized carbons (Fsp3) is 0.0625. The van der Waals surface area contributed by atoms with Gasteiger partial charge >= 0.3 is 5.97 Å². The first kappa shape index (κ1) is 15.2. The highest BCUT2D eigenvalue weighted by molar-refractivity contribution is 5.93. The van der Waals surface area contributed by atoms with E-state index >= 15 is 0 Å². The van der Waals surface area contributed by atoms with E-state index in [1.165, 1.54) is 13.2 Å². The summed E-state index contributed by atoms with van der Waals surface area (Å²) < 4.78 is 10.3. The summed E-state index contributed by atoms with van der Waals surface area (Å²) in [6.45, 7) is 0. The lowest BCUT2D eigenvalue weighted by Gasteiger charge is -2.06. The Hall–Kier alpha value is -3.24. The van der Waals surface area contributed by atoms with E-state index in [1.54, 1.807) is 24.3 Å². The Morgan fingerprint density at radius 2 is 1.86 bits per heavy atom. The molecule has 0 amide bonds. The van der Waals surface area contributed by atoms with E-state index in [-0.39, 0.29) is 5.70 Å². The summed E-state index contributed by atoms with van der Waals surface area (Å²) in [6.07, 6.45) is 1.43. The summed E-state index contributed by atoms with van der Waals surface area (Å²) in [6, 6.07) is 16.4. The summed E-state index contributed by atoms with van der Waals surface area (Å²) in [5, 5.41) is 3.33. The van der Waals surface area contributed by atoms with Crippen molar-refractivity contribution in [1.29, 1.82) is 0 Å². The Bertz CT molecular complexity index is 735. The van der Waals surface area contributed by atoms with Crippen molar-refractivity contribution in [3.05, 3.63) is 76.3 Å². The molecule has 2 aromatic rings. The number of ether oxygens (including phenoxy) is 2. The molecule has 0 aromatic heterocycles. The van der Waals surface area contributed by atoms with Crippen molar-refractivity contribution in [2.45, 2.75) is 0 Å². The Morgan fingerprint density at radius 1 is 1.14 bits per heavy atom. The molecule has 0 saturated heterocycles. The maximum atomic E-state index is 11.5. The molecular weight excluding hydrogens is 282 g/mol. The molecule has 0 bridgehead atoms. The highest BCUT2D eigenvalue weighted by atomic mass is 16.5. The maximum absolute atomic E-state index is 11.5. The van der Waals surface area contributed by atoms with Gasteiger partial charge in [0, 0.05) is 4.91 Å². The van der Waals surface area contributed by atoms with Gasteiger partial charge < -0.3 is 9.47 Å². The predicted octanol–water partition coefficient (Wildman–Crippen LogP) is 4.30. The average molecular weight is 295 g/mol. The third-order valence-corrected chi connectivity index (χ3v) is 2.69. The zero-order valence-corrected chi connectivity index (χ0v) is 11.8. The van der Waals surface area contributed by atoms with Crippen molar-refractivity contribution in [3.63, 3.8) is 0 Å². The lowest BCUT2D eigenvalue weighted by Crippen LogP contribution is -2.01. The molecule has 22 heavy (non-hydrogen) atoms. The van der Waals surface area contributed by atoms with Gasteiger partial charge in [-0.1, -0.05) is 35.4 Å². The molecule has 0 spiro atoms. The van der Waals surface area contributed by atoms with Crippen molar-refractivity contribution in [2.75, 3.05) is 7.11 Å². The van der Waals surface area contributed by atoms with E-state index in [9.17, 15) is 4.79 Å². The number of carbonyl (C=O) groups is 1. The van der Waals surface area contributed by atoms with Crippen LogP contribution in [-0.4, -0.2) is 13.1 Å². The molecule has 0 N–H and O–H groups in total. The smallest absolute Gasteiger partial charge is 0.340 e. The van der Waals surface area contributed by atoms with Gasteiger partial charge in [0.25, 0.3) is 0 Å². The summed E-state index contributed by atoms with van der Waals surface area (Å²) >= 11 is 0. The van der Waals surface area contributed by atoms with Gasteiger partial charge in [-0.15, -0.1) is 0 Å². The fourth-order valence-electron chi connectivity index (χ4n) is 1.73. The summed E-state index contributed by atoms with van der Waals surface area (Å²) in [5.41, 5.74) is 9.02. The number of esters is 1. The number of para-hydroxylation sites is 1. The van der Waals surface area contributed by atoms with Crippen molar-refractivity contribution in [2.24, 2.45) is 5.11 Å². The quantitative estimate of drug-likeness (QED) is 0.271. The zero-order valence-electron chi connectivity index (χ0n) is 11.8. The Balaban J connectivity index is 2.27. The van der Waals surface area contributed by atoms with Crippen LogP contribution in [-0.2, 0) is 9.53 Å². The molecule has 0 radical (unpaired) electrons. The molecule has 6 nitrogen and oxygen atoms in total. The maximum Gasteiger partial charge on any atom is 0.340 e. The molecule has 0 unspecified atom stereocenters. The number of hydrogen-bond acceptors (Lipinski definition) is 4. The van der Waals surface area contributed by atoms with Gasteiger partial charge in [-0.05, 0) is 41.4 Å². The summed E-state index contributed by atoms with van der Waals surface area (Å²) in [4.78, 5) is 14.1. The van der Waals surface area contributed by atoms with Gasteiger partial charge in [0.15, 0.2) is 0 Å². The number of methoxy groups -OCH3 is 1. The number of rotatable bonds is 5. The molecule has 0 atom stereocenters. The lowest BCUT2D eigenvalue weighted by atomic mass is 10.2. The first-order valence-corrected chi connectivity index (χ1v) is 6.41. The third kappa shape index (κ3) is 4.13. The zero-order chi connectivity index (χ0) is 15.8. The van der Waals surface area contributed by atoms with Crippen molar-refractivity contribution < 1.29 is 14.3 Å². The van der Waals surface area contributed by atoms with Crippen molar-refractivity contribution >= 4 is 12.0 Å². The molecule has 0 aliphatic carbocycles. The SMILES string of the molecule is COC(=O)/C(=C/c1cccc(Oc2ccccc2)c1)N=[N+]=[N-]. The standard InChI is InChI=1S/C16H13N3O3/c1-21-16(20)15(18-19-17)11-12-6-5-9-14(10-12)22-13-7-3-2-4-8-13/h2-11H,1H3/b15-11-. The highest BCUT2D eigenvalue weighted by Gasteiger charge is 2.07. The monoisotopic (exact) mass is 295 g/mol. The molecule has 0 saturated carbocycles. The van der Waals surface area contributed by atoms with Crippen molar-refractivity contribution in [3.8, 4) is 11.5 Å². The number of azide groups is 1. The number of carbonyl (C=O) groups excluding carboxylic acids is 1. The number of nitrogens with zero attached hydrogens (tertiary/aromatic N) is 3. The van der Waals surface area contributed by atoms with Crippen LogP contribution in [0.2, 0.25) is 0 Å². The molecule has 6 heteroatoms. The average Bonchev–Trinajstić information content (AvgIpc) is 2.55. The fourth-order valence-corrected chi connectivity index (χ4v) is 1.73. The van der Waals surface area contributed by atoms with Crippen molar-refractivity contribution in [1.82, 2.24) is 0 Å². The van der Waals surface area contributed by atoms with E-state index in [0.29, 0.717) is 17.1 Å². The van der Waals surface area contributed by atoms with Gasteiger partial charge in [-0.2, -0.15) is 0 Å². The number of benzene rings is 2. The normalized spacial score (nSPS) is 10.5. The molecule has 2 rings (SSSR count). The van der Waals surface area contributed by atoms with E-state index in [0.717, 1.165) is 0 Å². The van der Waals surface area contributed by atoms with Crippen LogP contribution >= 0.6 is 0 Å². The van der Waals surface area contributed by atoms with Gasteiger partial charge in [0.1, 0.15) is 17.2 Å². The second kappa shape index (κ2) is 7.52. The third-order valence-electron chi connectivity index (χ3n) is 2.69. The van der Waals surface area contributed by atoms with Gasteiger partial charge in [0.05, 0.1) is 7.11 Å². The van der Waals surface area contributed by atoms with Gasteiger partial charge in [-0.25, -0.2) is 4.79 Å². The van der Waals surface area contributed by atoms with Crippen LogP contribution in [0.4, 0.5) is 0 Å². The molecule has 0 aliphatic heterocycles. The van der Waals surface area contributed by atoms with Gasteiger partial charge in [0.2, 0.25) is 0 Å². The van der Waals surface area contributed by atoms with E-state index in [2.05, 4.69) is 14.8 Å². The molecule has 0 fully saturated rings. The van der Waals surface area contributed by atoms with E-state index in [4.69, 9.17) is 10.3 Å². The minimum Gasteiger partial charge on any atom is -0.466 e. The largest absolute Gasteiger partial charge is 0.466 e. The van der Waals surface area contributed by atoms with Crippen LogP contribution in [0.15, 0.2) is 65.4 Å². The van der Waals surface area contributed by atoms with E-state index in [1.807, 2.05) is 30.3 Å². The van der Waals surface area contributed by atoms with Crippen LogP contribution in [0.1, 0.15) is 5.56 Å². The first-order valence-electron chi connectivity index (χ1n) is 6.41. The lowest BCUT2D eigenvalue weighted by molar-refractivity contribution is -0.136. The van der Waals surface area contributed by atoms with Crippen LogP contribution in [0.25, 0.3) is 16.5 Å². The van der Waals surface area contributed by atoms with E-state index < -0.39 is 5.97 Å². The minimum absolute atomic E-state index is 0.123. The molecule has 0 aliphatic rings. The van der Waals surface area contributed by atoms with Gasteiger partial charge in [-0.3, -0.25) is 0 Å². The highest BCUT2D eigenvalue weighted by Crippen LogP contribution is 2.23. The van der Waals surface area contributed by atoms with Crippen LogP contribution in [0.5, 0.6) is 11.5 Å². The van der Waals surface area contributed by atoms with Crippen LogP contribution in [0.3, 0.4) is 0 Å². The topological polar surface area (TPSA) is 84.3 Å². The molecule has 110 valence electrons. The second-order valence-corrected chi connectivity index (χ2v) is 4.20. The van der Waals surface area contributed by atoms with Crippen LogP contribution < -0.4 is 4.74 Å². The molecule has 0 heterocycles. The summed E-state index contributed by atoms with van der Waals surface area (Å²) in [7, 11) is 1.22. The predicted molar refractivity (Wildman–Crippen MR) is 82.1 cm³/mol. The second-order valence-electron chi connectivity index (χ2n) is 4.20. The molecular formula is C16H13N3O3. The summed E-state index contributed by atoms with van der Waals surface area (Å²) in [5.74, 6) is 0.601. The first-order chi connectivity index (χ1) is 10.7. The number of hydrogen-bond donors (Lipinski definition) is 0. The Labute approximate surface area is 127 Å².